The molecule has 0 radical (unpaired) electrons. The van der Waals surface area contributed by atoms with Crippen LogP contribution in [0.2, 0.25) is 0 Å². The molecule has 0 amide bonds. The van der Waals surface area contributed by atoms with Gasteiger partial charge in [-0.25, -0.2) is 0 Å². The van der Waals surface area contributed by atoms with E-state index in [1.807, 2.05) is 0 Å². The summed E-state index contributed by atoms with van der Waals surface area (Å²) in [4.78, 5) is 32.3. The van der Waals surface area contributed by atoms with Crippen molar-refractivity contribution in [3.63, 3.8) is 0 Å². The van der Waals surface area contributed by atoms with Crippen molar-refractivity contribution in [1.82, 2.24) is 0 Å². The first-order valence-corrected chi connectivity index (χ1v) is 6.01. The van der Waals surface area contributed by atoms with Crippen LogP contribution >= 0.6 is 0 Å². The fourth-order valence-electron chi connectivity index (χ4n) is 1.31. The molecule has 1 N–H and O–H groups in total. The zero-order valence-electron chi connectivity index (χ0n) is 12.2. The van der Waals surface area contributed by atoms with E-state index >= 15 is 0 Å². The molecule has 0 atom stereocenters. The number of aliphatic carboxylic acids is 1. The Hall–Kier alpha value is -0.390. The minimum atomic E-state index is -1.08. The summed E-state index contributed by atoms with van der Waals surface area (Å²) in [6, 6.07) is 0. The Balaban J connectivity index is -0.00000128. The average molecular weight is 268 g/mol. The van der Waals surface area contributed by atoms with Gasteiger partial charge in [-0.2, -0.15) is 0 Å². The van der Waals surface area contributed by atoms with Gasteiger partial charge in [0.25, 0.3) is 0 Å². The smallest absolute Gasteiger partial charge is 1.00 e. The van der Waals surface area contributed by atoms with Crippen LogP contribution in [0.25, 0.3) is 0 Å². The molecule has 0 aliphatic heterocycles. The Morgan fingerprint density at radius 3 is 2.06 bits per heavy atom. The van der Waals surface area contributed by atoms with Crippen LogP contribution in [-0.4, -0.2) is 23.0 Å². The summed E-state index contributed by atoms with van der Waals surface area (Å²) in [6.45, 7) is 2.11. The molecule has 100 valence electrons. The van der Waals surface area contributed by atoms with E-state index < -0.39 is 17.9 Å². The molecule has 0 aromatic rings. The fraction of sp³-hybridized carbons (Fsp3) is 0.750. The molecule has 0 saturated heterocycles. The quantitative estimate of drug-likeness (QED) is 0.261. The Morgan fingerprint density at radius 1 is 0.944 bits per heavy atom. The van der Waals surface area contributed by atoms with Crippen LogP contribution in [0.15, 0.2) is 0 Å². The number of esters is 2. The molecule has 18 heavy (non-hydrogen) atoms. The summed E-state index contributed by atoms with van der Waals surface area (Å²) < 4.78 is 4.47. The molecule has 0 spiro atoms. The van der Waals surface area contributed by atoms with Gasteiger partial charge in [-0.15, -0.1) is 0 Å². The minimum absolute atomic E-state index is 0. The third kappa shape index (κ3) is 13.7. The predicted molar refractivity (Wildman–Crippen MR) is 62.5 cm³/mol. The predicted octanol–water partition coefficient (Wildman–Crippen LogP) is -0.602. The molecule has 0 heterocycles. The number of ether oxygens (including phenoxy) is 1. The third-order valence-electron chi connectivity index (χ3n) is 2.26. The number of carbonyl (C=O) groups excluding carboxylic acids is 2. The summed E-state index contributed by atoms with van der Waals surface area (Å²) in [5.41, 5.74) is 0. The number of carboxylic acid groups (broad SMARTS) is 1. The summed E-state index contributed by atoms with van der Waals surface area (Å²) in [5, 5.41) is 8.33. The molecule has 0 bridgehead atoms. The van der Waals surface area contributed by atoms with Crippen LogP contribution in [0.5, 0.6) is 0 Å². The Labute approximate surface area is 131 Å². The van der Waals surface area contributed by atoms with E-state index in [1.165, 1.54) is 0 Å². The maximum Gasteiger partial charge on any atom is 1.00 e. The molecule has 0 aromatic carbocycles. The topological polar surface area (TPSA) is 80.7 Å². The summed E-state index contributed by atoms with van der Waals surface area (Å²) in [5.74, 6) is -2.39. The van der Waals surface area contributed by atoms with E-state index in [0.717, 1.165) is 25.7 Å². The standard InChI is InChI=1S/C12H20O5.Na.H/c1-2-3-4-5-6-7-11(15)17-12(16)9-8-10(13)14;;/h2-9H2,1H3,(H,13,14);;/q;+1;-1. The second kappa shape index (κ2) is 13.1. The monoisotopic (exact) mass is 268 g/mol. The van der Waals surface area contributed by atoms with E-state index in [1.54, 1.807) is 0 Å². The SMILES string of the molecule is CCCCCCCC(=O)OC(=O)CCC(=O)O.[H-].[Na+]. The van der Waals surface area contributed by atoms with Crippen LogP contribution in [0.4, 0.5) is 0 Å². The zero-order valence-corrected chi connectivity index (χ0v) is 13.2. The third-order valence-corrected chi connectivity index (χ3v) is 2.26. The molecule has 6 heteroatoms. The van der Waals surface area contributed by atoms with Gasteiger partial charge in [-0.1, -0.05) is 32.6 Å². The van der Waals surface area contributed by atoms with Gasteiger partial charge in [0.2, 0.25) is 0 Å². The largest absolute Gasteiger partial charge is 1.00 e. The van der Waals surface area contributed by atoms with Crippen LogP contribution in [0.3, 0.4) is 0 Å². The van der Waals surface area contributed by atoms with Crippen molar-refractivity contribution in [2.24, 2.45) is 0 Å². The van der Waals surface area contributed by atoms with E-state index in [2.05, 4.69) is 11.7 Å². The Morgan fingerprint density at radius 2 is 1.50 bits per heavy atom. The fourth-order valence-corrected chi connectivity index (χ4v) is 1.31. The molecule has 0 rings (SSSR count). The van der Waals surface area contributed by atoms with Crippen molar-refractivity contribution in [2.75, 3.05) is 0 Å². The van der Waals surface area contributed by atoms with Gasteiger partial charge in [-0.05, 0) is 6.42 Å². The normalized spacial score (nSPS) is 9.39. The van der Waals surface area contributed by atoms with Gasteiger partial charge in [-0.3, -0.25) is 14.4 Å². The molecule has 5 nitrogen and oxygen atoms in total. The van der Waals surface area contributed by atoms with Gasteiger partial charge in [0.05, 0.1) is 12.8 Å². The Bertz CT molecular complexity index is 271. The number of hydrogen-bond donors (Lipinski definition) is 1. The average Bonchev–Trinajstić information content (AvgIpc) is 2.26. The van der Waals surface area contributed by atoms with Crippen LogP contribution in [0, 0.1) is 0 Å². The van der Waals surface area contributed by atoms with Gasteiger partial charge >= 0.3 is 47.5 Å². The second-order valence-corrected chi connectivity index (χ2v) is 3.90. The van der Waals surface area contributed by atoms with Crippen LogP contribution in [-0.2, 0) is 19.1 Å². The van der Waals surface area contributed by atoms with E-state index in [-0.39, 0.29) is 50.2 Å². The number of carbonyl (C=O) groups is 3. The summed E-state index contributed by atoms with van der Waals surface area (Å²) >= 11 is 0. The molecule has 0 aromatic heterocycles. The van der Waals surface area contributed by atoms with Crippen molar-refractivity contribution in [1.29, 1.82) is 0 Å². The second-order valence-electron chi connectivity index (χ2n) is 3.90. The minimum Gasteiger partial charge on any atom is -1.00 e. The molecular formula is C12H21NaO5. The Kier molecular flexibility index (Phi) is 14.5. The molecule has 0 fully saturated rings. The summed E-state index contributed by atoms with van der Waals surface area (Å²) in [7, 11) is 0. The van der Waals surface area contributed by atoms with Gasteiger partial charge in [0.1, 0.15) is 0 Å². The van der Waals surface area contributed by atoms with Crippen molar-refractivity contribution in [2.45, 2.75) is 58.3 Å². The molecule has 0 aliphatic carbocycles. The van der Waals surface area contributed by atoms with Gasteiger partial charge in [0, 0.05) is 6.42 Å². The van der Waals surface area contributed by atoms with E-state index in [4.69, 9.17) is 5.11 Å². The first-order chi connectivity index (χ1) is 8.06. The van der Waals surface area contributed by atoms with Crippen LogP contribution < -0.4 is 29.6 Å². The molecular weight excluding hydrogens is 247 g/mol. The van der Waals surface area contributed by atoms with Crippen molar-refractivity contribution < 1.29 is 55.2 Å². The molecule has 0 aliphatic rings. The maximum atomic E-state index is 11.1. The molecule has 0 saturated carbocycles. The first-order valence-electron chi connectivity index (χ1n) is 6.01. The van der Waals surface area contributed by atoms with Crippen molar-refractivity contribution in [3.05, 3.63) is 0 Å². The van der Waals surface area contributed by atoms with E-state index in [0.29, 0.717) is 6.42 Å². The number of unbranched alkanes of at least 4 members (excludes halogenated alkanes) is 4. The number of rotatable bonds is 9. The van der Waals surface area contributed by atoms with Gasteiger partial charge < -0.3 is 11.3 Å². The summed E-state index contributed by atoms with van der Waals surface area (Å²) in [6.07, 6.45) is 4.70. The number of hydrogen-bond acceptors (Lipinski definition) is 4. The molecule has 0 unspecified atom stereocenters. The van der Waals surface area contributed by atoms with Crippen molar-refractivity contribution in [3.8, 4) is 0 Å². The van der Waals surface area contributed by atoms with E-state index in [9.17, 15) is 14.4 Å². The van der Waals surface area contributed by atoms with Crippen molar-refractivity contribution >= 4 is 17.9 Å². The first kappa shape index (κ1) is 19.9. The number of carboxylic acids is 1. The van der Waals surface area contributed by atoms with Gasteiger partial charge in [0.15, 0.2) is 0 Å². The maximum absolute atomic E-state index is 11.1. The van der Waals surface area contributed by atoms with Crippen LogP contribution in [0.1, 0.15) is 59.7 Å². The zero-order chi connectivity index (χ0) is 13.1.